The molecule has 0 radical (unpaired) electrons. The summed E-state index contributed by atoms with van der Waals surface area (Å²) in [5.41, 5.74) is 7.30. The van der Waals surface area contributed by atoms with E-state index in [1.54, 1.807) is 23.5 Å². The minimum atomic E-state index is -0.376. The zero-order valence-electron chi connectivity index (χ0n) is 10.5. The van der Waals surface area contributed by atoms with Gasteiger partial charge in [-0.3, -0.25) is 0 Å². The predicted octanol–water partition coefficient (Wildman–Crippen LogP) is 4.88. The van der Waals surface area contributed by atoms with Gasteiger partial charge in [0.25, 0.3) is 0 Å². The highest BCUT2D eigenvalue weighted by atomic mass is 79.9. The number of aromatic nitrogens is 1. The van der Waals surface area contributed by atoms with Crippen molar-refractivity contribution in [3.8, 4) is 11.5 Å². The number of fused-ring (bicyclic) bond motifs is 1. The minimum absolute atomic E-state index is 0.376. The number of nitrogen functional groups attached to an aromatic ring is 1. The van der Waals surface area contributed by atoms with E-state index in [4.69, 9.17) is 10.5 Å². The molecule has 2 N–H and O–H groups in total. The predicted molar refractivity (Wildman–Crippen MR) is 82.9 cm³/mol. The number of rotatable bonds is 2. The van der Waals surface area contributed by atoms with Crippen LogP contribution in [0.4, 0.5) is 10.1 Å². The fraction of sp³-hybridized carbons (Fsp3) is 0.0714. The van der Waals surface area contributed by atoms with E-state index in [-0.39, 0.29) is 5.82 Å². The molecule has 1 heterocycles. The summed E-state index contributed by atoms with van der Waals surface area (Å²) in [6, 6.07) is 7.94. The number of hydrogen-bond acceptors (Lipinski definition) is 4. The van der Waals surface area contributed by atoms with E-state index in [0.29, 0.717) is 21.7 Å². The van der Waals surface area contributed by atoms with E-state index in [0.717, 1.165) is 15.2 Å². The largest absolute Gasteiger partial charge is 0.455 e. The molecule has 0 atom stereocenters. The van der Waals surface area contributed by atoms with Crippen LogP contribution in [0.5, 0.6) is 11.5 Å². The van der Waals surface area contributed by atoms with Gasteiger partial charge in [-0.1, -0.05) is 15.9 Å². The van der Waals surface area contributed by atoms with Crippen LogP contribution in [0.1, 0.15) is 5.01 Å². The zero-order valence-corrected chi connectivity index (χ0v) is 12.9. The summed E-state index contributed by atoms with van der Waals surface area (Å²) >= 11 is 4.80. The summed E-state index contributed by atoms with van der Waals surface area (Å²) in [5.74, 6) is 0.480. The van der Waals surface area contributed by atoms with Gasteiger partial charge in [0.15, 0.2) is 5.75 Å². The minimum Gasteiger partial charge on any atom is -0.455 e. The topological polar surface area (TPSA) is 48.1 Å². The van der Waals surface area contributed by atoms with E-state index in [9.17, 15) is 4.39 Å². The second kappa shape index (κ2) is 5.03. The van der Waals surface area contributed by atoms with E-state index in [2.05, 4.69) is 20.9 Å². The van der Waals surface area contributed by atoms with Crippen molar-refractivity contribution in [2.45, 2.75) is 6.92 Å². The molecule has 3 nitrogen and oxygen atoms in total. The summed E-state index contributed by atoms with van der Waals surface area (Å²) < 4.78 is 20.6. The first-order valence-electron chi connectivity index (χ1n) is 5.82. The monoisotopic (exact) mass is 352 g/mol. The molecule has 102 valence electrons. The standard InChI is InChI=1S/C14H10BrFN2OS/c1-7-18-12-6-13(11(17)5-14(12)20-7)19-10-3-8(15)2-9(16)4-10/h2-6H,17H2,1H3. The van der Waals surface area contributed by atoms with Gasteiger partial charge in [0.2, 0.25) is 0 Å². The molecular formula is C14H10BrFN2OS. The number of nitrogens with zero attached hydrogens (tertiary/aromatic N) is 1. The van der Waals surface area contributed by atoms with Crippen molar-refractivity contribution in [1.82, 2.24) is 4.98 Å². The van der Waals surface area contributed by atoms with Crippen LogP contribution in [-0.4, -0.2) is 4.98 Å². The van der Waals surface area contributed by atoms with Gasteiger partial charge in [0, 0.05) is 16.6 Å². The quantitative estimate of drug-likeness (QED) is 0.668. The average molecular weight is 353 g/mol. The number of hydrogen-bond donors (Lipinski definition) is 1. The van der Waals surface area contributed by atoms with Gasteiger partial charge in [-0.2, -0.15) is 0 Å². The highest BCUT2D eigenvalue weighted by molar-refractivity contribution is 9.10. The van der Waals surface area contributed by atoms with Gasteiger partial charge in [-0.25, -0.2) is 9.37 Å². The molecule has 6 heteroatoms. The molecule has 0 fully saturated rings. The third-order valence-corrected chi connectivity index (χ3v) is 4.08. The molecule has 20 heavy (non-hydrogen) atoms. The maximum absolute atomic E-state index is 13.3. The van der Waals surface area contributed by atoms with Crippen LogP contribution < -0.4 is 10.5 Å². The number of benzene rings is 2. The van der Waals surface area contributed by atoms with Crippen LogP contribution in [0.25, 0.3) is 10.2 Å². The number of aryl methyl sites for hydroxylation is 1. The Balaban J connectivity index is 2.03. The molecule has 0 aliphatic rings. The lowest BCUT2D eigenvalue weighted by molar-refractivity contribution is 0.479. The smallest absolute Gasteiger partial charge is 0.152 e. The van der Waals surface area contributed by atoms with Crippen LogP contribution in [0.2, 0.25) is 0 Å². The van der Waals surface area contributed by atoms with Crippen molar-refractivity contribution < 1.29 is 9.13 Å². The maximum Gasteiger partial charge on any atom is 0.152 e. The Labute approximate surface area is 127 Å². The molecule has 0 aliphatic carbocycles. The molecule has 0 saturated carbocycles. The average Bonchev–Trinajstić information content (AvgIpc) is 2.67. The highest BCUT2D eigenvalue weighted by Crippen LogP contribution is 2.34. The molecule has 0 amide bonds. The molecule has 3 aromatic rings. The SMILES string of the molecule is Cc1nc2cc(Oc3cc(F)cc(Br)c3)c(N)cc2s1. The van der Waals surface area contributed by atoms with Gasteiger partial charge in [0.1, 0.15) is 11.6 Å². The van der Waals surface area contributed by atoms with Gasteiger partial charge in [-0.15, -0.1) is 11.3 Å². The van der Waals surface area contributed by atoms with Crippen molar-refractivity contribution in [3.05, 3.63) is 45.6 Å². The first-order valence-corrected chi connectivity index (χ1v) is 7.43. The van der Waals surface area contributed by atoms with Crippen molar-refractivity contribution >= 4 is 43.2 Å². The van der Waals surface area contributed by atoms with Crippen LogP contribution in [0.3, 0.4) is 0 Å². The van der Waals surface area contributed by atoms with Crippen LogP contribution in [-0.2, 0) is 0 Å². The summed E-state index contributed by atoms with van der Waals surface area (Å²) in [6.45, 7) is 1.94. The fourth-order valence-corrected chi connectivity index (χ4v) is 3.19. The van der Waals surface area contributed by atoms with Gasteiger partial charge >= 0.3 is 0 Å². The van der Waals surface area contributed by atoms with Crippen LogP contribution >= 0.6 is 27.3 Å². The molecule has 2 aromatic carbocycles. The number of halogens is 2. The normalized spacial score (nSPS) is 10.9. The molecule has 0 saturated heterocycles. The number of ether oxygens (including phenoxy) is 1. The summed E-state index contributed by atoms with van der Waals surface area (Å²) in [5, 5.41) is 0.963. The second-order valence-corrected chi connectivity index (χ2v) is 6.45. The van der Waals surface area contributed by atoms with E-state index in [1.165, 1.54) is 12.1 Å². The van der Waals surface area contributed by atoms with Crippen molar-refractivity contribution in [2.75, 3.05) is 5.73 Å². The number of anilines is 1. The first kappa shape index (κ1) is 13.3. The van der Waals surface area contributed by atoms with Crippen LogP contribution in [0, 0.1) is 12.7 Å². The highest BCUT2D eigenvalue weighted by Gasteiger charge is 2.09. The number of nitrogens with two attached hydrogens (primary N) is 1. The van der Waals surface area contributed by atoms with Crippen molar-refractivity contribution in [3.63, 3.8) is 0 Å². The Morgan fingerprint density at radius 1 is 1.25 bits per heavy atom. The molecule has 0 aliphatic heterocycles. The Hall–Kier alpha value is -1.66. The Morgan fingerprint density at radius 3 is 2.80 bits per heavy atom. The summed E-state index contributed by atoms with van der Waals surface area (Å²) in [7, 11) is 0. The Bertz CT molecular complexity index is 783. The third kappa shape index (κ3) is 2.62. The van der Waals surface area contributed by atoms with E-state index >= 15 is 0 Å². The second-order valence-electron chi connectivity index (χ2n) is 4.30. The zero-order chi connectivity index (χ0) is 14.3. The summed E-state index contributed by atoms with van der Waals surface area (Å²) in [6.07, 6.45) is 0. The summed E-state index contributed by atoms with van der Waals surface area (Å²) in [4.78, 5) is 4.39. The molecule has 0 bridgehead atoms. The van der Waals surface area contributed by atoms with Gasteiger partial charge in [-0.05, 0) is 25.1 Å². The van der Waals surface area contributed by atoms with Gasteiger partial charge in [0.05, 0.1) is 20.9 Å². The molecule has 1 aromatic heterocycles. The van der Waals surface area contributed by atoms with Gasteiger partial charge < -0.3 is 10.5 Å². The van der Waals surface area contributed by atoms with E-state index < -0.39 is 0 Å². The molecular weight excluding hydrogens is 343 g/mol. The maximum atomic E-state index is 13.3. The Morgan fingerprint density at radius 2 is 2.05 bits per heavy atom. The lowest BCUT2D eigenvalue weighted by Crippen LogP contribution is -1.92. The number of thiazole rings is 1. The lowest BCUT2D eigenvalue weighted by Gasteiger charge is -2.09. The molecule has 0 unspecified atom stereocenters. The van der Waals surface area contributed by atoms with Crippen molar-refractivity contribution in [2.24, 2.45) is 0 Å². The van der Waals surface area contributed by atoms with E-state index in [1.807, 2.05) is 13.0 Å². The molecule has 3 rings (SSSR count). The van der Waals surface area contributed by atoms with Crippen LogP contribution in [0.15, 0.2) is 34.8 Å². The fourth-order valence-electron chi connectivity index (χ4n) is 1.89. The Kier molecular flexibility index (Phi) is 3.35. The first-order chi connectivity index (χ1) is 9.51. The molecule has 0 spiro atoms. The third-order valence-electron chi connectivity index (χ3n) is 2.69. The lowest BCUT2D eigenvalue weighted by atomic mass is 10.2. The van der Waals surface area contributed by atoms with Crippen molar-refractivity contribution in [1.29, 1.82) is 0 Å².